The molecule has 140 valence electrons. The molecule has 0 spiro atoms. The molecule has 0 radical (unpaired) electrons. The Labute approximate surface area is 166 Å². The summed E-state index contributed by atoms with van der Waals surface area (Å²) in [7, 11) is 2.00. The minimum atomic E-state index is -0.282. The molecule has 2 heterocycles. The van der Waals surface area contributed by atoms with Gasteiger partial charge in [-0.15, -0.1) is 0 Å². The van der Waals surface area contributed by atoms with Crippen molar-refractivity contribution < 1.29 is 4.39 Å². The molecular weight excluding hydrogens is 373 g/mol. The molecule has 0 fully saturated rings. The molecule has 4 aromatic rings. The number of rotatable bonds is 5. The fourth-order valence-electron chi connectivity index (χ4n) is 2.73. The van der Waals surface area contributed by atoms with Gasteiger partial charge < -0.3 is 10.2 Å². The zero-order valence-corrected chi connectivity index (χ0v) is 16.2. The fourth-order valence-corrected chi connectivity index (χ4v) is 3.75. The van der Waals surface area contributed by atoms with E-state index in [1.807, 2.05) is 50.4 Å². The molecule has 0 aliphatic carbocycles. The van der Waals surface area contributed by atoms with Crippen LogP contribution in [0.4, 0.5) is 26.8 Å². The molecule has 7 heteroatoms. The van der Waals surface area contributed by atoms with Crippen LogP contribution in [0, 0.1) is 12.7 Å². The van der Waals surface area contributed by atoms with Crippen LogP contribution in [-0.2, 0) is 0 Å². The SMILES string of the molecule is Cc1nc(N(C)c2ccccc2)sc1-c1ccnc(Nc2ccc(F)cc2)n1. The van der Waals surface area contributed by atoms with E-state index in [9.17, 15) is 4.39 Å². The van der Waals surface area contributed by atoms with Gasteiger partial charge in [0.2, 0.25) is 5.95 Å². The van der Waals surface area contributed by atoms with Crippen LogP contribution < -0.4 is 10.2 Å². The van der Waals surface area contributed by atoms with Crippen LogP contribution in [0.25, 0.3) is 10.6 Å². The van der Waals surface area contributed by atoms with Gasteiger partial charge in [0.05, 0.1) is 16.3 Å². The second-order valence-corrected chi connectivity index (χ2v) is 7.18. The van der Waals surface area contributed by atoms with E-state index in [0.29, 0.717) is 5.95 Å². The summed E-state index contributed by atoms with van der Waals surface area (Å²) in [5, 5.41) is 3.99. The van der Waals surface area contributed by atoms with E-state index in [-0.39, 0.29) is 5.82 Å². The van der Waals surface area contributed by atoms with Crippen molar-refractivity contribution in [3.63, 3.8) is 0 Å². The number of thiazole rings is 1. The van der Waals surface area contributed by atoms with Crippen molar-refractivity contribution in [1.82, 2.24) is 15.0 Å². The maximum absolute atomic E-state index is 13.1. The molecule has 0 saturated carbocycles. The normalized spacial score (nSPS) is 10.7. The molecular formula is C21H18FN5S. The van der Waals surface area contributed by atoms with Crippen molar-refractivity contribution in [2.45, 2.75) is 6.92 Å². The van der Waals surface area contributed by atoms with E-state index >= 15 is 0 Å². The number of aryl methyl sites for hydroxylation is 1. The average Bonchev–Trinajstić information content (AvgIpc) is 3.12. The number of para-hydroxylation sites is 1. The zero-order valence-electron chi connectivity index (χ0n) is 15.4. The highest BCUT2D eigenvalue weighted by Crippen LogP contribution is 2.36. The molecule has 28 heavy (non-hydrogen) atoms. The largest absolute Gasteiger partial charge is 0.324 e. The number of anilines is 4. The summed E-state index contributed by atoms with van der Waals surface area (Å²) in [6, 6.07) is 18.0. The Morgan fingerprint density at radius 3 is 2.46 bits per heavy atom. The molecule has 2 aromatic heterocycles. The van der Waals surface area contributed by atoms with Crippen LogP contribution in [0.1, 0.15) is 5.69 Å². The highest BCUT2D eigenvalue weighted by atomic mass is 32.1. The van der Waals surface area contributed by atoms with Crippen LogP contribution >= 0.6 is 11.3 Å². The fraction of sp³-hybridized carbons (Fsp3) is 0.0952. The molecule has 2 aromatic carbocycles. The van der Waals surface area contributed by atoms with Crippen molar-refractivity contribution >= 4 is 33.8 Å². The molecule has 0 amide bonds. The van der Waals surface area contributed by atoms with Crippen molar-refractivity contribution in [3.8, 4) is 10.6 Å². The molecule has 0 saturated heterocycles. The number of halogens is 1. The summed E-state index contributed by atoms with van der Waals surface area (Å²) >= 11 is 1.58. The minimum absolute atomic E-state index is 0.282. The Balaban J connectivity index is 1.61. The van der Waals surface area contributed by atoms with Gasteiger partial charge >= 0.3 is 0 Å². The first-order valence-corrected chi connectivity index (χ1v) is 9.54. The van der Waals surface area contributed by atoms with Crippen molar-refractivity contribution in [1.29, 1.82) is 0 Å². The number of hydrogen-bond donors (Lipinski definition) is 1. The molecule has 0 aliphatic rings. The first kappa shape index (κ1) is 18.1. The third kappa shape index (κ3) is 3.84. The van der Waals surface area contributed by atoms with Gasteiger partial charge in [0.25, 0.3) is 0 Å². The van der Waals surface area contributed by atoms with Gasteiger partial charge in [0, 0.05) is 24.6 Å². The van der Waals surface area contributed by atoms with Crippen molar-refractivity contribution in [3.05, 3.63) is 78.4 Å². The monoisotopic (exact) mass is 391 g/mol. The van der Waals surface area contributed by atoms with E-state index in [1.165, 1.54) is 12.1 Å². The Hall–Kier alpha value is -3.32. The van der Waals surface area contributed by atoms with E-state index in [4.69, 9.17) is 4.98 Å². The van der Waals surface area contributed by atoms with Crippen molar-refractivity contribution in [2.24, 2.45) is 0 Å². The molecule has 4 rings (SSSR count). The number of nitrogens with one attached hydrogen (secondary N) is 1. The molecule has 0 atom stereocenters. The Morgan fingerprint density at radius 2 is 1.71 bits per heavy atom. The van der Waals surface area contributed by atoms with Gasteiger partial charge in [0.1, 0.15) is 5.82 Å². The second kappa shape index (κ2) is 7.74. The first-order valence-electron chi connectivity index (χ1n) is 8.72. The topological polar surface area (TPSA) is 53.9 Å². The Kier molecular flexibility index (Phi) is 4.99. The van der Waals surface area contributed by atoms with Crippen LogP contribution in [-0.4, -0.2) is 22.0 Å². The molecule has 0 unspecified atom stereocenters. The molecule has 0 aliphatic heterocycles. The first-order chi connectivity index (χ1) is 13.6. The van der Waals surface area contributed by atoms with E-state index < -0.39 is 0 Å². The van der Waals surface area contributed by atoms with Gasteiger partial charge in [0.15, 0.2) is 5.13 Å². The number of hydrogen-bond acceptors (Lipinski definition) is 6. The average molecular weight is 391 g/mol. The minimum Gasteiger partial charge on any atom is -0.324 e. The second-order valence-electron chi connectivity index (χ2n) is 6.20. The van der Waals surface area contributed by atoms with Gasteiger partial charge in [-0.3, -0.25) is 0 Å². The Morgan fingerprint density at radius 1 is 0.964 bits per heavy atom. The third-order valence-corrected chi connectivity index (χ3v) is 5.46. The maximum atomic E-state index is 13.1. The summed E-state index contributed by atoms with van der Waals surface area (Å²) < 4.78 is 13.1. The van der Waals surface area contributed by atoms with Gasteiger partial charge in [-0.05, 0) is 49.4 Å². The quantitative estimate of drug-likeness (QED) is 0.483. The smallest absolute Gasteiger partial charge is 0.227 e. The van der Waals surface area contributed by atoms with Crippen molar-refractivity contribution in [2.75, 3.05) is 17.3 Å². The van der Waals surface area contributed by atoms with Crippen LogP contribution in [0.5, 0.6) is 0 Å². The van der Waals surface area contributed by atoms with Crippen LogP contribution in [0.3, 0.4) is 0 Å². The maximum Gasteiger partial charge on any atom is 0.227 e. The summed E-state index contributed by atoms with van der Waals surface area (Å²) in [5.41, 5.74) is 3.50. The van der Waals surface area contributed by atoms with Crippen LogP contribution in [0.2, 0.25) is 0 Å². The van der Waals surface area contributed by atoms with E-state index in [0.717, 1.165) is 32.8 Å². The number of nitrogens with zero attached hydrogens (tertiary/aromatic N) is 4. The summed E-state index contributed by atoms with van der Waals surface area (Å²) in [4.78, 5) is 16.6. The van der Waals surface area contributed by atoms with Gasteiger partial charge in [-0.2, -0.15) is 0 Å². The number of benzene rings is 2. The zero-order chi connectivity index (χ0) is 19.5. The lowest BCUT2D eigenvalue weighted by Gasteiger charge is -2.15. The third-order valence-electron chi connectivity index (χ3n) is 4.20. The molecule has 5 nitrogen and oxygen atoms in total. The Bertz CT molecular complexity index is 1080. The number of aromatic nitrogens is 3. The highest BCUT2D eigenvalue weighted by Gasteiger charge is 2.15. The van der Waals surface area contributed by atoms with Gasteiger partial charge in [-0.1, -0.05) is 29.5 Å². The predicted molar refractivity (Wildman–Crippen MR) is 112 cm³/mol. The lowest BCUT2D eigenvalue weighted by Crippen LogP contribution is -2.08. The standard InChI is InChI=1S/C21H18FN5S/c1-14-19(28-21(24-14)27(2)17-6-4-3-5-7-17)18-12-13-23-20(26-18)25-16-10-8-15(22)9-11-16/h3-13H,1-2H3,(H,23,25,26). The van der Waals surface area contributed by atoms with E-state index in [2.05, 4.69) is 20.2 Å². The highest BCUT2D eigenvalue weighted by molar-refractivity contribution is 7.19. The summed E-state index contributed by atoms with van der Waals surface area (Å²) in [5.74, 6) is 0.172. The lowest BCUT2D eigenvalue weighted by molar-refractivity contribution is 0.628. The predicted octanol–water partition coefficient (Wildman–Crippen LogP) is 5.56. The summed E-state index contributed by atoms with van der Waals surface area (Å²) in [6.45, 7) is 1.98. The van der Waals surface area contributed by atoms with Crippen LogP contribution in [0.15, 0.2) is 66.9 Å². The van der Waals surface area contributed by atoms with Gasteiger partial charge in [-0.25, -0.2) is 19.3 Å². The molecule has 0 bridgehead atoms. The van der Waals surface area contributed by atoms with E-state index in [1.54, 1.807) is 29.7 Å². The molecule has 1 N–H and O–H groups in total. The lowest BCUT2D eigenvalue weighted by atomic mass is 10.3. The summed E-state index contributed by atoms with van der Waals surface area (Å²) in [6.07, 6.45) is 1.70.